The van der Waals surface area contributed by atoms with Gasteiger partial charge in [-0.3, -0.25) is 0 Å². The molecule has 1 rings (SSSR count). The molecule has 0 radical (unpaired) electrons. The fraction of sp³-hybridized carbons (Fsp3) is 0. The van der Waals surface area contributed by atoms with Crippen molar-refractivity contribution in [1.82, 2.24) is 0 Å². The van der Waals surface area contributed by atoms with Crippen LogP contribution in [-0.2, 0) is 3.74 Å². The van der Waals surface area contributed by atoms with E-state index in [2.05, 4.69) is 17.5 Å². The van der Waals surface area contributed by atoms with Gasteiger partial charge in [0.05, 0.1) is 0 Å². The summed E-state index contributed by atoms with van der Waals surface area (Å²) in [4.78, 5) is 0. The summed E-state index contributed by atoms with van der Waals surface area (Å²) in [5.74, 6) is 0. The average Bonchev–Trinajstić information content (AvgIpc) is 2.02. The van der Waals surface area contributed by atoms with Gasteiger partial charge in [-0.1, -0.05) is 0 Å². The first-order valence-electron chi connectivity index (χ1n) is 3.62. The number of nitrogens with two attached hydrogens (primary N) is 1. The summed E-state index contributed by atoms with van der Waals surface area (Å²) in [5.41, 5.74) is 5.82. The standard InChI is InChI=1S/C7H9AsN2O3S/c9-7(14)10-6-3-1-5(2-4-6)8(11,12)13/h1-4H,(H3,9,10,14)(H2,11,12,13). The predicted octanol–water partition coefficient (Wildman–Crippen LogP) is -1.10. The SMILES string of the molecule is NC(=S)Nc1ccc([As](=O)(O)O)cc1. The van der Waals surface area contributed by atoms with Gasteiger partial charge >= 0.3 is 88.8 Å². The molecular formula is C7H9AsN2O3S. The maximum absolute atomic E-state index is 10.9. The van der Waals surface area contributed by atoms with Crippen LogP contribution in [0.15, 0.2) is 24.3 Å². The number of hydrogen-bond donors (Lipinski definition) is 4. The molecule has 76 valence electrons. The topological polar surface area (TPSA) is 95.6 Å². The number of anilines is 1. The average molecular weight is 276 g/mol. The van der Waals surface area contributed by atoms with Crippen molar-refractivity contribution in [2.24, 2.45) is 5.73 Å². The van der Waals surface area contributed by atoms with Gasteiger partial charge in [-0.15, -0.1) is 0 Å². The van der Waals surface area contributed by atoms with Crippen molar-refractivity contribution in [3.63, 3.8) is 0 Å². The Morgan fingerprint density at radius 1 is 1.36 bits per heavy atom. The minimum absolute atomic E-state index is 0.0246. The summed E-state index contributed by atoms with van der Waals surface area (Å²) in [6, 6.07) is 5.71. The van der Waals surface area contributed by atoms with Gasteiger partial charge in [-0.25, -0.2) is 0 Å². The van der Waals surface area contributed by atoms with Gasteiger partial charge < -0.3 is 0 Å². The third-order valence-corrected chi connectivity index (χ3v) is 3.61. The zero-order chi connectivity index (χ0) is 10.8. The molecule has 0 amide bonds. The zero-order valence-electron chi connectivity index (χ0n) is 7.04. The van der Waals surface area contributed by atoms with Gasteiger partial charge in [-0.05, 0) is 0 Å². The molecule has 0 aromatic heterocycles. The molecule has 0 spiro atoms. The molecule has 0 heterocycles. The summed E-state index contributed by atoms with van der Waals surface area (Å²) in [6.45, 7) is 0. The summed E-state index contributed by atoms with van der Waals surface area (Å²) >= 11 is -0.163. The van der Waals surface area contributed by atoms with Gasteiger partial charge in [0.1, 0.15) is 0 Å². The van der Waals surface area contributed by atoms with Gasteiger partial charge in [0.15, 0.2) is 0 Å². The van der Waals surface area contributed by atoms with Crippen LogP contribution in [0.1, 0.15) is 0 Å². The van der Waals surface area contributed by atoms with E-state index in [0.717, 1.165) is 0 Å². The zero-order valence-corrected chi connectivity index (χ0v) is 9.74. The van der Waals surface area contributed by atoms with Crippen LogP contribution in [-0.4, -0.2) is 27.5 Å². The molecule has 0 aliphatic carbocycles. The van der Waals surface area contributed by atoms with Crippen molar-refractivity contribution in [2.45, 2.75) is 0 Å². The Hall–Kier alpha value is -0.812. The van der Waals surface area contributed by atoms with E-state index in [1.165, 1.54) is 24.3 Å². The molecule has 0 unspecified atom stereocenters. The molecule has 1 aromatic rings. The number of thiocarbonyl (C=S) groups is 1. The summed E-state index contributed by atoms with van der Waals surface area (Å²) in [5, 5.41) is 2.76. The third-order valence-electron chi connectivity index (χ3n) is 1.47. The first-order chi connectivity index (χ1) is 6.39. The van der Waals surface area contributed by atoms with Crippen molar-refractivity contribution < 1.29 is 11.9 Å². The van der Waals surface area contributed by atoms with E-state index in [0.29, 0.717) is 5.69 Å². The summed E-state index contributed by atoms with van der Waals surface area (Å²) in [6.07, 6.45) is 0. The molecule has 0 fully saturated rings. The van der Waals surface area contributed by atoms with E-state index in [9.17, 15) is 3.74 Å². The second kappa shape index (κ2) is 4.14. The number of rotatable bonds is 2. The van der Waals surface area contributed by atoms with Crippen molar-refractivity contribution in [3.05, 3.63) is 24.3 Å². The van der Waals surface area contributed by atoms with Gasteiger partial charge in [0.2, 0.25) is 0 Å². The van der Waals surface area contributed by atoms with Crippen molar-refractivity contribution >= 4 is 41.5 Å². The molecule has 14 heavy (non-hydrogen) atoms. The van der Waals surface area contributed by atoms with Gasteiger partial charge in [0.25, 0.3) is 0 Å². The minimum atomic E-state index is -4.76. The first-order valence-corrected chi connectivity index (χ1v) is 7.41. The van der Waals surface area contributed by atoms with Gasteiger partial charge in [-0.2, -0.15) is 0 Å². The van der Waals surface area contributed by atoms with E-state index in [1.807, 2.05) is 0 Å². The molecular weight excluding hydrogens is 267 g/mol. The summed E-state index contributed by atoms with van der Waals surface area (Å²) < 4.78 is 28.6. The van der Waals surface area contributed by atoms with Crippen LogP contribution < -0.4 is 15.4 Å². The Balaban J connectivity index is 2.89. The second-order valence-electron chi connectivity index (χ2n) is 2.58. The molecule has 7 heteroatoms. The predicted molar refractivity (Wildman–Crippen MR) is 57.4 cm³/mol. The monoisotopic (exact) mass is 276 g/mol. The van der Waals surface area contributed by atoms with Crippen molar-refractivity contribution in [2.75, 3.05) is 5.32 Å². The fourth-order valence-corrected chi connectivity index (χ4v) is 2.13. The molecule has 0 saturated carbocycles. The van der Waals surface area contributed by atoms with E-state index in [4.69, 9.17) is 13.9 Å². The normalized spacial score (nSPS) is 11.0. The molecule has 5 nitrogen and oxygen atoms in total. The van der Waals surface area contributed by atoms with Crippen molar-refractivity contribution in [3.8, 4) is 0 Å². The van der Waals surface area contributed by atoms with Crippen LogP contribution in [0.3, 0.4) is 0 Å². The molecule has 0 saturated heterocycles. The molecule has 0 aliphatic rings. The Kier molecular flexibility index (Phi) is 3.33. The van der Waals surface area contributed by atoms with E-state index < -0.39 is 14.2 Å². The van der Waals surface area contributed by atoms with Crippen LogP contribution in [0.4, 0.5) is 5.69 Å². The number of benzene rings is 1. The molecule has 1 aromatic carbocycles. The number of hydrogen-bond acceptors (Lipinski definition) is 2. The van der Waals surface area contributed by atoms with Crippen molar-refractivity contribution in [1.29, 1.82) is 0 Å². The van der Waals surface area contributed by atoms with E-state index in [1.54, 1.807) is 0 Å². The Morgan fingerprint density at radius 2 is 1.86 bits per heavy atom. The maximum atomic E-state index is 10.9. The second-order valence-corrected chi connectivity index (χ2v) is 6.39. The Bertz CT molecular complexity index is 386. The van der Waals surface area contributed by atoms with E-state index in [-0.39, 0.29) is 9.46 Å². The third kappa shape index (κ3) is 3.15. The fourth-order valence-electron chi connectivity index (χ4n) is 0.881. The quantitative estimate of drug-likeness (QED) is 0.405. The van der Waals surface area contributed by atoms with Crippen LogP contribution >= 0.6 is 12.2 Å². The Labute approximate surface area is 88.9 Å². The molecule has 0 aliphatic heterocycles. The molecule has 0 bridgehead atoms. The number of nitrogens with one attached hydrogen (secondary N) is 1. The van der Waals surface area contributed by atoms with Crippen LogP contribution in [0, 0.1) is 0 Å². The van der Waals surface area contributed by atoms with Gasteiger partial charge in [0, 0.05) is 0 Å². The van der Waals surface area contributed by atoms with Crippen LogP contribution in [0.2, 0.25) is 0 Å². The van der Waals surface area contributed by atoms with Crippen LogP contribution in [0.5, 0.6) is 0 Å². The first kappa shape index (κ1) is 11.3. The Morgan fingerprint density at radius 3 is 2.21 bits per heavy atom. The molecule has 0 atom stereocenters. The summed E-state index contributed by atoms with van der Waals surface area (Å²) in [7, 11) is 0. The van der Waals surface area contributed by atoms with E-state index >= 15 is 0 Å². The van der Waals surface area contributed by atoms with Crippen LogP contribution in [0.25, 0.3) is 0 Å². The molecule has 5 N–H and O–H groups in total.